The van der Waals surface area contributed by atoms with Gasteiger partial charge in [-0.05, 0) is 31.0 Å². The normalized spacial score (nSPS) is 11.4. The van der Waals surface area contributed by atoms with Crippen LogP contribution in [0.1, 0.15) is 26.7 Å². The van der Waals surface area contributed by atoms with E-state index < -0.39 is 5.56 Å². The van der Waals surface area contributed by atoms with Gasteiger partial charge < -0.3 is 9.62 Å². The first-order valence-electron chi connectivity index (χ1n) is 7.72. The van der Waals surface area contributed by atoms with Gasteiger partial charge in [0.2, 0.25) is 0 Å². The predicted octanol–water partition coefficient (Wildman–Crippen LogP) is 2.28. The van der Waals surface area contributed by atoms with Gasteiger partial charge in [-0.15, -0.1) is 0 Å². The SMILES string of the molecule is CCCn1c(=O)c2c(cc(-c3ccco3)n2O)n(CCC)c1=O. The first-order chi connectivity index (χ1) is 11.1. The third-order valence-corrected chi connectivity index (χ3v) is 3.82. The molecule has 0 spiro atoms. The fraction of sp³-hybridized carbons (Fsp3) is 0.375. The lowest BCUT2D eigenvalue weighted by Crippen LogP contribution is -2.40. The lowest BCUT2D eigenvalue weighted by molar-refractivity contribution is 0.202. The number of furan rings is 1. The second-order valence-corrected chi connectivity index (χ2v) is 5.44. The van der Waals surface area contributed by atoms with Gasteiger partial charge in [0.05, 0.1) is 11.8 Å². The Morgan fingerprint density at radius 2 is 1.83 bits per heavy atom. The molecule has 7 heteroatoms. The van der Waals surface area contributed by atoms with Crippen LogP contribution >= 0.6 is 0 Å². The van der Waals surface area contributed by atoms with Gasteiger partial charge in [-0.25, -0.2) is 4.79 Å². The molecule has 0 bridgehead atoms. The maximum absolute atomic E-state index is 12.6. The van der Waals surface area contributed by atoms with E-state index in [1.54, 1.807) is 18.2 Å². The monoisotopic (exact) mass is 317 g/mol. The van der Waals surface area contributed by atoms with E-state index in [1.165, 1.54) is 15.4 Å². The van der Waals surface area contributed by atoms with Crippen LogP contribution in [0.2, 0.25) is 0 Å². The minimum Gasteiger partial charge on any atom is -0.463 e. The van der Waals surface area contributed by atoms with Crippen molar-refractivity contribution < 1.29 is 9.62 Å². The third kappa shape index (κ3) is 2.28. The molecule has 0 aromatic carbocycles. The summed E-state index contributed by atoms with van der Waals surface area (Å²) in [6, 6.07) is 5.00. The van der Waals surface area contributed by atoms with E-state index in [4.69, 9.17) is 4.42 Å². The van der Waals surface area contributed by atoms with E-state index in [9.17, 15) is 14.8 Å². The Kier molecular flexibility index (Phi) is 3.85. The molecule has 3 rings (SSSR count). The molecule has 0 amide bonds. The molecule has 0 radical (unpaired) electrons. The van der Waals surface area contributed by atoms with Crippen molar-refractivity contribution in [2.24, 2.45) is 0 Å². The zero-order valence-corrected chi connectivity index (χ0v) is 13.2. The van der Waals surface area contributed by atoms with Crippen molar-refractivity contribution in [3.63, 3.8) is 0 Å². The number of rotatable bonds is 5. The Bertz CT molecular complexity index is 945. The van der Waals surface area contributed by atoms with Crippen LogP contribution in [0.3, 0.4) is 0 Å². The molecule has 1 N–H and O–H groups in total. The Labute approximate surface area is 132 Å². The smallest absolute Gasteiger partial charge is 0.331 e. The summed E-state index contributed by atoms with van der Waals surface area (Å²) in [7, 11) is 0. The van der Waals surface area contributed by atoms with E-state index in [0.717, 1.165) is 11.2 Å². The van der Waals surface area contributed by atoms with E-state index >= 15 is 0 Å². The van der Waals surface area contributed by atoms with Crippen molar-refractivity contribution in [2.45, 2.75) is 39.8 Å². The molecule has 23 heavy (non-hydrogen) atoms. The number of nitrogens with zero attached hydrogens (tertiary/aromatic N) is 3. The maximum atomic E-state index is 12.6. The first kappa shape index (κ1) is 15.2. The molecule has 0 fully saturated rings. The number of hydrogen-bond donors (Lipinski definition) is 1. The van der Waals surface area contributed by atoms with Gasteiger partial charge in [-0.2, -0.15) is 4.73 Å². The van der Waals surface area contributed by atoms with Crippen molar-refractivity contribution in [1.29, 1.82) is 0 Å². The standard InChI is InChI=1S/C16H19N3O4/c1-3-7-17-12-10-11(13-6-5-9-23-13)19(22)14(12)15(20)18(8-4-2)16(17)21/h5-6,9-10,22H,3-4,7-8H2,1-2H3. The summed E-state index contributed by atoms with van der Waals surface area (Å²) in [4.78, 5) is 25.2. The number of fused-ring (bicyclic) bond motifs is 1. The van der Waals surface area contributed by atoms with Crippen LogP contribution < -0.4 is 11.2 Å². The van der Waals surface area contributed by atoms with Crippen LogP contribution in [0.5, 0.6) is 0 Å². The summed E-state index contributed by atoms with van der Waals surface area (Å²) in [6.07, 6.45) is 2.89. The van der Waals surface area contributed by atoms with E-state index in [0.29, 0.717) is 36.5 Å². The molecule has 0 aliphatic heterocycles. The molecular formula is C16H19N3O4. The lowest BCUT2D eigenvalue weighted by atomic mass is 10.3. The Morgan fingerprint density at radius 1 is 1.13 bits per heavy atom. The molecule has 0 unspecified atom stereocenters. The summed E-state index contributed by atoms with van der Waals surface area (Å²) in [5.74, 6) is 0.431. The third-order valence-electron chi connectivity index (χ3n) is 3.82. The van der Waals surface area contributed by atoms with Crippen LogP contribution in [0.4, 0.5) is 0 Å². The molecule has 0 saturated heterocycles. The Hall–Kier alpha value is -2.70. The summed E-state index contributed by atoms with van der Waals surface area (Å²) < 4.78 is 8.82. The summed E-state index contributed by atoms with van der Waals surface area (Å²) in [5.41, 5.74) is 0.0314. The molecule has 122 valence electrons. The fourth-order valence-corrected chi connectivity index (χ4v) is 2.82. The minimum atomic E-state index is -0.487. The minimum absolute atomic E-state index is 0.0953. The topological polar surface area (TPSA) is 82.3 Å². The van der Waals surface area contributed by atoms with E-state index in [1.807, 2.05) is 13.8 Å². The van der Waals surface area contributed by atoms with Gasteiger partial charge >= 0.3 is 5.69 Å². The second-order valence-electron chi connectivity index (χ2n) is 5.44. The molecular weight excluding hydrogens is 298 g/mol. The molecule has 0 atom stereocenters. The Morgan fingerprint density at radius 3 is 2.43 bits per heavy atom. The van der Waals surface area contributed by atoms with Crippen LogP contribution in [0.25, 0.3) is 22.5 Å². The molecule has 7 nitrogen and oxygen atoms in total. The molecule has 3 aromatic heterocycles. The zero-order valence-electron chi connectivity index (χ0n) is 13.2. The summed E-state index contributed by atoms with van der Waals surface area (Å²) in [6.45, 7) is 4.64. The highest BCUT2D eigenvalue weighted by atomic mass is 16.5. The van der Waals surface area contributed by atoms with Gasteiger partial charge in [-0.3, -0.25) is 13.9 Å². The van der Waals surface area contributed by atoms with Gasteiger partial charge in [-0.1, -0.05) is 13.8 Å². The van der Waals surface area contributed by atoms with Crippen molar-refractivity contribution in [1.82, 2.24) is 13.9 Å². The molecule has 0 aliphatic carbocycles. The van der Waals surface area contributed by atoms with Crippen LogP contribution in [0, 0.1) is 0 Å². The van der Waals surface area contributed by atoms with Crippen molar-refractivity contribution >= 4 is 11.0 Å². The number of aromatic nitrogens is 3. The molecule has 0 aliphatic rings. The zero-order chi connectivity index (χ0) is 16.6. The fourth-order valence-electron chi connectivity index (χ4n) is 2.82. The van der Waals surface area contributed by atoms with Crippen LogP contribution in [-0.4, -0.2) is 19.1 Å². The average molecular weight is 317 g/mol. The highest BCUT2D eigenvalue weighted by molar-refractivity contribution is 5.82. The van der Waals surface area contributed by atoms with Gasteiger partial charge in [0, 0.05) is 13.1 Å². The van der Waals surface area contributed by atoms with Crippen molar-refractivity contribution in [3.05, 3.63) is 45.3 Å². The van der Waals surface area contributed by atoms with Gasteiger partial charge in [0.1, 0.15) is 5.69 Å². The predicted molar refractivity (Wildman–Crippen MR) is 85.9 cm³/mol. The average Bonchev–Trinajstić information content (AvgIpc) is 3.16. The van der Waals surface area contributed by atoms with E-state index in [-0.39, 0.29) is 11.2 Å². The lowest BCUT2D eigenvalue weighted by Gasteiger charge is -2.10. The number of aryl methyl sites for hydroxylation is 1. The van der Waals surface area contributed by atoms with Crippen LogP contribution in [-0.2, 0) is 13.1 Å². The maximum Gasteiger partial charge on any atom is 0.331 e. The largest absolute Gasteiger partial charge is 0.463 e. The molecule has 3 aromatic rings. The van der Waals surface area contributed by atoms with Crippen molar-refractivity contribution in [2.75, 3.05) is 0 Å². The summed E-state index contributed by atoms with van der Waals surface area (Å²) >= 11 is 0. The summed E-state index contributed by atoms with van der Waals surface area (Å²) in [5, 5.41) is 10.4. The van der Waals surface area contributed by atoms with Gasteiger partial charge in [0.15, 0.2) is 11.3 Å². The van der Waals surface area contributed by atoms with Crippen LogP contribution in [0.15, 0.2) is 38.5 Å². The molecule has 0 saturated carbocycles. The first-order valence-corrected chi connectivity index (χ1v) is 7.72. The van der Waals surface area contributed by atoms with Gasteiger partial charge in [0.25, 0.3) is 5.56 Å². The van der Waals surface area contributed by atoms with Crippen molar-refractivity contribution in [3.8, 4) is 11.5 Å². The van der Waals surface area contributed by atoms with E-state index in [2.05, 4.69) is 0 Å². The highest BCUT2D eigenvalue weighted by Crippen LogP contribution is 2.25. The molecule has 3 heterocycles. The number of hydrogen-bond acceptors (Lipinski definition) is 4. The Balaban J connectivity index is 2.42. The quantitative estimate of drug-likeness (QED) is 0.732. The highest BCUT2D eigenvalue weighted by Gasteiger charge is 2.21. The second kappa shape index (κ2) is 5.83.